The number of hydrogen-bond donors (Lipinski definition) is 5. The Balaban J connectivity index is 1.22. The summed E-state index contributed by atoms with van der Waals surface area (Å²) in [5, 5.41) is 48.0. The van der Waals surface area contributed by atoms with Gasteiger partial charge in [0.2, 0.25) is 5.78 Å². The van der Waals surface area contributed by atoms with E-state index in [9.17, 15) is 34.8 Å². The number of aliphatic hydroxyl groups is 3. The molecular weight excluding hydrogens is 838 g/mol. The number of ketones is 2. The van der Waals surface area contributed by atoms with E-state index in [1.165, 1.54) is 45.4 Å². The Morgan fingerprint density at radius 3 is 2.17 bits per heavy atom. The van der Waals surface area contributed by atoms with Crippen LogP contribution in [0.1, 0.15) is 115 Å². The summed E-state index contributed by atoms with van der Waals surface area (Å²) in [6, 6.07) is 5.36. The van der Waals surface area contributed by atoms with E-state index in [4.69, 9.17) is 42.3 Å². The molecule has 0 saturated carbocycles. The van der Waals surface area contributed by atoms with Crippen molar-refractivity contribution in [1.82, 2.24) is 5.32 Å². The number of nitrogens with one attached hydrogen (secondary N) is 1. The SMILES string of the molecule is CNC1(C)CC(c2ccc3c(c2O)C(=O)c2c(cc(C(C(=O)OC)C4OC(C)C(O)C(OC)C4O)c4c(=O)cc(C5(C)OC5C)oc24)C3=O)OC(C)C1OC1CC(OC)C(O)C(C)O1. The highest BCUT2D eigenvalue weighted by Gasteiger charge is 2.55. The lowest BCUT2D eigenvalue weighted by molar-refractivity contribution is -0.293. The molecule has 1 aromatic heterocycles. The van der Waals surface area contributed by atoms with E-state index in [2.05, 4.69) is 5.32 Å². The second kappa shape index (κ2) is 16.9. The van der Waals surface area contributed by atoms with Crippen LogP contribution in [-0.2, 0) is 48.3 Å². The predicted molar refractivity (Wildman–Crippen MR) is 223 cm³/mol. The van der Waals surface area contributed by atoms with Crippen LogP contribution in [0.2, 0.25) is 0 Å². The minimum absolute atomic E-state index is 0.0513. The predicted octanol–water partition coefficient (Wildman–Crippen LogP) is 2.41. The summed E-state index contributed by atoms with van der Waals surface area (Å²) in [5.74, 6) is -4.60. The first-order valence-corrected chi connectivity index (χ1v) is 21.5. The van der Waals surface area contributed by atoms with Gasteiger partial charge in [0.1, 0.15) is 65.2 Å². The first kappa shape index (κ1) is 46.4. The van der Waals surface area contributed by atoms with Crippen LogP contribution >= 0.6 is 0 Å². The topological polar surface area (TPSA) is 252 Å². The van der Waals surface area contributed by atoms with Gasteiger partial charge in [0, 0.05) is 48.9 Å². The average Bonchev–Trinajstić information content (AvgIpc) is 3.89. The standard InChI is InChI=1S/C46H57NO17/c1-17-34(49)26(56-8)15-29(60-17)63-43-19(3)59-27(16-45(43,5)47-7)21-11-12-22-31(37(21)52)38(53)32-24(36(22)51)13-23(30-25(48)14-28(62-40(30)32)46(6)20(4)64-46)33(44(55)58-10)41-39(54)42(57-9)35(50)18(2)61-41/h11-14,17-20,26-27,29,33-35,39,41-43,47,49-50,52,54H,15-16H2,1-10H3. The highest BCUT2D eigenvalue weighted by atomic mass is 16.7. The van der Waals surface area contributed by atoms with Crippen molar-refractivity contribution < 1.29 is 77.1 Å². The summed E-state index contributed by atoms with van der Waals surface area (Å²) in [7, 11) is 5.66. The van der Waals surface area contributed by atoms with Crippen LogP contribution in [0.3, 0.4) is 0 Å². The molecule has 5 N–H and O–H groups in total. The molecule has 1 aliphatic carbocycles. The van der Waals surface area contributed by atoms with Crippen molar-refractivity contribution in [3.8, 4) is 5.75 Å². The van der Waals surface area contributed by atoms with Gasteiger partial charge in [0.25, 0.3) is 0 Å². The maximum Gasteiger partial charge on any atom is 0.315 e. The zero-order valence-corrected chi connectivity index (χ0v) is 37.4. The number of carbonyl (C=O) groups is 3. The van der Waals surface area contributed by atoms with Crippen molar-refractivity contribution in [3.05, 3.63) is 73.6 Å². The molecule has 5 aliphatic rings. The minimum Gasteiger partial charge on any atom is -0.507 e. The van der Waals surface area contributed by atoms with Crippen LogP contribution < -0.4 is 10.7 Å². The Morgan fingerprint density at radius 2 is 1.55 bits per heavy atom. The van der Waals surface area contributed by atoms with E-state index in [-0.39, 0.29) is 69.1 Å². The molecule has 16 unspecified atom stereocenters. The Morgan fingerprint density at radius 1 is 0.859 bits per heavy atom. The molecule has 18 nitrogen and oxygen atoms in total. The normalized spacial score (nSPS) is 37.8. The van der Waals surface area contributed by atoms with Crippen molar-refractivity contribution in [2.45, 2.75) is 151 Å². The minimum atomic E-state index is -1.64. The lowest BCUT2D eigenvalue weighted by Crippen LogP contribution is -2.62. The second-order valence-electron chi connectivity index (χ2n) is 18.0. The maximum atomic E-state index is 15.1. The van der Waals surface area contributed by atoms with Crippen LogP contribution in [-0.4, -0.2) is 145 Å². The smallest absolute Gasteiger partial charge is 0.315 e. The Bertz CT molecular complexity index is 2420. The molecule has 18 heteroatoms. The maximum absolute atomic E-state index is 15.1. The molecule has 0 bridgehead atoms. The molecule has 8 rings (SSSR count). The fourth-order valence-electron chi connectivity index (χ4n) is 10.2. The monoisotopic (exact) mass is 895 g/mol. The number of methoxy groups -OCH3 is 3. The second-order valence-corrected chi connectivity index (χ2v) is 18.0. The van der Waals surface area contributed by atoms with E-state index < -0.39 is 119 Å². The van der Waals surface area contributed by atoms with Crippen molar-refractivity contribution >= 4 is 28.5 Å². The van der Waals surface area contributed by atoms with Crippen molar-refractivity contribution in [3.63, 3.8) is 0 Å². The summed E-state index contributed by atoms with van der Waals surface area (Å²) in [5.41, 5.74) is -3.92. The molecule has 4 aliphatic heterocycles. The molecule has 4 saturated heterocycles. The van der Waals surface area contributed by atoms with Crippen LogP contribution in [0.4, 0.5) is 0 Å². The van der Waals surface area contributed by atoms with E-state index >= 15 is 4.79 Å². The number of esters is 1. The summed E-state index contributed by atoms with van der Waals surface area (Å²) in [6.45, 7) is 10.5. The summed E-state index contributed by atoms with van der Waals surface area (Å²) in [6.07, 6.45) is -11.1. The molecule has 16 atom stereocenters. The number of carbonyl (C=O) groups excluding carboxylic acids is 3. The van der Waals surface area contributed by atoms with E-state index in [1.54, 1.807) is 27.8 Å². The van der Waals surface area contributed by atoms with Gasteiger partial charge in [-0.2, -0.15) is 0 Å². The average molecular weight is 896 g/mol. The van der Waals surface area contributed by atoms with Crippen LogP contribution in [0.5, 0.6) is 5.75 Å². The quantitative estimate of drug-likeness (QED) is 0.113. The first-order valence-electron chi connectivity index (χ1n) is 21.5. The van der Waals surface area contributed by atoms with E-state index in [1.807, 2.05) is 13.8 Å². The highest BCUT2D eigenvalue weighted by Crippen LogP contribution is 2.49. The number of aromatic hydroxyl groups is 1. The number of benzene rings is 2. The molecule has 64 heavy (non-hydrogen) atoms. The molecular formula is C46H57NO17. The molecule has 0 spiro atoms. The van der Waals surface area contributed by atoms with Gasteiger partial charge in [-0.15, -0.1) is 0 Å². The number of aliphatic hydroxyl groups excluding tert-OH is 3. The van der Waals surface area contributed by atoms with Gasteiger partial charge in [-0.3, -0.25) is 19.2 Å². The number of ether oxygens (including phenoxy) is 8. The summed E-state index contributed by atoms with van der Waals surface area (Å²) in [4.78, 5) is 58.2. The lowest BCUT2D eigenvalue weighted by atomic mass is 9.76. The third-order valence-corrected chi connectivity index (χ3v) is 14.3. The number of fused-ring (bicyclic) bond motifs is 4. The zero-order valence-electron chi connectivity index (χ0n) is 37.4. The molecule has 0 radical (unpaired) electrons. The lowest BCUT2D eigenvalue weighted by Gasteiger charge is -2.49. The zero-order chi connectivity index (χ0) is 46.5. The van der Waals surface area contributed by atoms with Crippen LogP contribution in [0.25, 0.3) is 11.0 Å². The third-order valence-electron chi connectivity index (χ3n) is 14.3. The Kier molecular flexibility index (Phi) is 12.3. The largest absolute Gasteiger partial charge is 0.507 e. The molecule has 0 amide bonds. The van der Waals surface area contributed by atoms with Crippen molar-refractivity contribution in [2.24, 2.45) is 0 Å². The number of likely N-dealkylation sites (N-methyl/N-ethyl adjacent to an activating group) is 1. The van der Waals surface area contributed by atoms with E-state index in [0.29, 0.717) is 0 Å². The first-order chi connectivity index (χ1) is 30.2. The van der Waals surface area contributed by atoms with Gasteiger partial charge in [-0.1, -0.05) is 6.07 Å². The molecule has 4 fully saturated rings. The molecule has 2 aromatic carbocycles. The van der Waals surface area contributed by atoms with E-state index in [0.717, 1.165) is 7.11 Å². The van der Waals surface area contributed by atoms with Crippen molar-refractivity contribution in [1.29, 1.82) is 0 Å². The van der Waals surface area contributed by atoms with Crippen molar-refractivity contribution in [2.75, 3.05) is 28.4 Å². The molecule has 5 heterocycles. The summed E-state index contributed by atoms with van der Waals surface area (Å²) >= 11 is 0. The van der Waals surface area contributed by atoms with Gasteiger partial charge >= 0.3 is 5.97 Å². The molecule has 3 aromatic rings. The number of phenolic OH excluding ortho intramolecular Hbond substituents is 1. The number of hydrogen-bond acceptors (Lipinski definition) is 18. The molecule has 348 valence electrons. The number of phenols is 1. The number of rotatable bonds is 10. The van der Waals surface area contributed by atoms with Gasteiger partial charge in [-0.05, 0) is 72.7 Å². The Labute approximate surface area is 369 Å². The highest BCUT2D eigenvalue weighted by molar-refractivity contribution is 6.32. The summed E-state index contributed by atoms with van der Waals surface area (Å²) < 4.78 is 53.4. The fourth-order valence-corrected chi connectivity index (χ4v) is 10.2. The Hall–Kier alpha value is -4.18. The van der Waals surface area contributed by atoms with Gasteiger partial charge < -0.3 is 68.1 Å². The van der Waals surface area contributed by atoms with Gasteiger partial charge in [0.05, 0.1) is 60.2 Å². The van der Waals surface area contributed by atoms with Crippen LogP contribution in [0, 0.1) is 0 Å². The number of epoxide rings is 1. The fraction of sp³-hybridized carbons (Fsp3) is 0.609. The van der Waals surface area contributed by atoms with Crippen LogP contribution in [0.15, 0.2) is 33.5 Å². The third kappa shape index (κ3) is 7.31. The van der Waals surface area contributed by atoms with Gasteiger partial charge in [-0.25, -0.2) is 0 Å². The van der Waals surface area contributed by atoms with Gasteiger partial charge in [0.15, 0.2) is 17.5 Å².